The van der Waals surface area contributed by atoms with Crippen LogP contribution >= 0.6 is 0 Å². The Morgan fingerprint density at radius 3 is 2.62 bits per heavy atom. The molecule has 0 spiro atoms. The molecule has 1 saturated heterocycles. The summed E-state index contributed by atoms with van der Waals surface area (Å²) in [6.45, 7) is 8.23. The van der Waals surface area contributed by atoms with Crippen molar-refractivity contribution in [3.8, 4) is 5.75 Å². The van der Waals surface area contributed by atoms with E-state index in [1.165, 1.54) is 12.8 Å². The largest absolute Gasteiger partial charge is 0.493 e. The zero-order chi connectivity index (χ0) is 24.7. The number of amides is 3. The summed E-state index contributed by atoms with van der Waals surface area (Å²) in [6, 6.07) is 5.20. The predicted octanol–water partition coefficient (Wildman–Crippen LogP) is 3.88. The van der Waals surface area contributed by atoms with Crippen LogP contribution in [-0.4, -0.2) is 62.6 Å². The van der Waals surface area contributed by atoms with Crippen molar-refractivity contribution in [1.29, 1.82) is 0 Å². The van der Waals surface area contributed by atoms with E-state index in [-0.39, 0.29) is 18.0 Å². The van der Waals surface area contributed by atoms with Gasteiger partial charge in [-0.2, -0.15) is 0 Å². The van der Waals surface area contributed by atoms with Gasteiger partial charge in [0.05, 0.1) is 25.3 Å². The molecule has 0 aromatic heterocycles. The number of carbonyl (C=O) groups is 2. The number of aryl methyl sites for hydroxylation is 1. The fraction of sp³-hybridized carbons (Fsp3) is 0.692. The normalized spacial score (nSPS) is 22.5. The molecular weight excluding hydrogens is 434 g/mol. The molecule has 8 heteroatoms. The predicted molar refractivity (Wildman–Crippen MR) is 131 cm³/mol. The molecular formula is C26H41N3O5. The van der Waals surface area contributed by atoms with Gasteiger partial charge in [-0.1, -0.05) is 26.0 Å². The fourth-order valence-electron chi connectivity index (χ4n) is 4.72. The van der Waals surface area contributed by atoms with Crippen LogP contribution < -0.4 is 15.8 Å². The lowest BCUT2D eigenvalue weighted by atomic mass is 9.83. The van der Waals surface area contributed by atoms with Crippen molar-refractivity contribution in [2.24, 2.45) is 23.5 Å². The highest BCUT2D eigenvalue weighted by Crippen LogP contribution is 2.42. The Balaban J connectivity index is 1.76. The van der Waals surface area contributed by atoms with Crippen molar-refractivity contribution in [3.63, 3.8) is 0 Å². The van der Waals surface area contributed by atoms with E-state index in [2.05, 4.69) is 11.4 Å². The Morgan fingerprint density at radius 1 is 1.21 bits per heavy atom. The van der Waals surface area contributed by atoms with Crippen LogP contribution in [0.2, 0.25) is 0 Å². The Kier molecular flexibility index (Phi) is 9.45. The number of alkyl carbamates (subject to hydrolysis) is 1. The van der Waals surface area contributed by atoms with Crippen LogP contribution in [0.15, 0.2) is 18.2 Å². The summed E-state index contributed by atoms with van der Waals surface area (Å²) in [5.41, 5.74) is 7.93. The molecule has 34 heavy (non-hydrogen) atoms. The topological polar surface area (TPSA) is 103 Å². The molecule has 2 fully saturated rings. The molecule has 1 aromatic carbocycles. The third kappa shape index (κ3) is 7.52. The standard InChI is InChI=1S/C26H41N3O5/c1-17(2)16-34-26(31)28-22-14-21(20-8-9-20)15-29(25(27)30)23(22)12-19-7-6-18(3)24(13-19)33-11-5-10-32-4/h6-7,13,17,20-23H,5,8-12,14-16H2,1-4H3,(H2,27,30)(H,28,31)/t21-,22-,23?/m1/s1. The number of urea groups is 1. The first kappa shape index (κ1) is 26.1. The van der Waals surface area contributed by atoms with E-state index in [1.54, 1.807) is 12.0 Å². The molecule has 8 nitrogen and oxygen atoms in total. The van der Waals surface area contributed by atoms with Crippen LogP contribution in [0, 0.1) is 24.7 Å². The van der Waals surface area contributed by atoms with Gasteiger partial charge in [-0.25, -0.2) is 9.59 Å². The van der Waals surface area contributed by atoms with Crippen molar-refractivity contribution in [1.82, 2.24) is 10.2 Å². The summed E-state index contributed by atoms with van der Waals surface area (Å²) < 4.78 is 16.5. The smallest absolute Gasteiger partial charge is 0.407 e. The minimum absolute atomic E-state index is 0.223. The average molecular weight is 476 g/mol. The zero-order valence-electron chi connectivity index (χ0n) is 21.0. The summed E-state index contributed by atoms with van der Waals surface area (Å²) in [7, 11) is 1.68. The molecule has 1 saturated carbocycles. The van der Waals surface area contributed by atoms with Crippen LogP contribution in [0.3, 0.4) is 0 Å². The maximum Gasteiger partial charge on any atom is 0.407 e. The van der Waals surface area contributed by atoms with E-state index >= 15 is 0 Å². The molecule has 3 amide bonds. The van der Waals surface area contributed by atoms with Crippen LogP contribution in [0.25, 0.3) is 0 Å². The van der Waals surface area contributed by atoms with Gasteiger partial charge in [0.25, 0.3) is 0 Å². The van der Waals surface area contributed by atoms with Gasteiger partial charge in [-0.15, -0.1) is 0 Å². The van der Waals surface area contributed by atoms with E-state index in [0.717, 1.165) is 29.7 Å². The molecule has 0 radical (unpaired) electrons. The molecule has 1 aliphatic carbocycles. The van der Waals surface area contributed by atoms with Gasteiger partial charge >= 0.3 is 12.1 Å². The average Bonchev–Trinajstić information content (AvgIpc) is 3.63. The molecule has 1 heterocycles. The highest BCUT2D eigenvalue weighted by molar-refractivity contribution is 5.73. The number of nitrogens with zero attached hydrogens (tertiary/aromatic N) is 1. The molecule has 190 valence electrons. The molecule has 1 aromatic rings. The first-order valence-electron chi connectivity index (χ1n) is 12.5. The Labute approximate surface area is 203 Å². The Morgan fingerprint density at radius 2 is 1.97 bits per heavy atom. The highest BCUT2D eigenvalue weighted by atomic mass is 16.5. The van der Waals surface area contributed by atoms with Crippen LogP contribution in [-0.2, 0) is 15.9 Å². The van der Waals surface area contributed by atoms with Crippen molar-refractivity contribution < 1.29 is 23.8 Å². The monoisotopic (exact) mass is 475 g/mol. The third-order valence-electron chi connectivity index (χ3n) is 6.72. The molecule has 1 aliphatic heterocycles. The summed E-state index contributed by atoms with van der Waals surface area (Å²) in [5.74, 6) is 2.03. The van der Waals surface area contributed by atoms with Gasteiger partial charge in [-0.05, 0) is 67.6 Å². The van der Waals surface area contributed by atoms with Gasteiger partial charge in [0.1, 0.15) is 5.75 Å². The summed E-state index contributed by atoms with van der Waals surface area (Å²) >= 11 is 0. The summed E-state index contributed by atoms with van der Waals surface area (Å²) in [6.07, 6.45) is 4.12. The number of benzene rings is 1. The molecule has 0 bridgehead atoms. The van der Waals surface area contributed by atoms with E-state index < -0.39 is 12.1 Å². The SMILES string of the molecule is COCCCOc1cc(CC2[C@H](NC(=O)OCC(C)C)C[C@@H](C3CC3)CN2C(N)=O)ccc1C. The Bertz CT molecular complexity index is 827. The van der Waals surface area contributed by atoms with Crippen LogP contribution in [0.1, 0.15) is 50.7 Å². The second-order valence-electron chi connectivity index (χ2n) is 10.1. The lowest BCUT2D eigenvalue weighted by molar-refractivity contribution is 0.0803. The molecule has 1 unspecified atom stereocenters. The zero-order valence-corrected chi connectivity index (χ0v) is 21.0. The molecule has 3 atom stereocenters. The maximum atomic E-state index is 12.6. The number of hydrogen-bond acceptors (Lipinski definition) is 5. The first-order valence-corrected chi connectivity index (χ1v) is 12.5. The summed E-state index contributed by atoms with van der Waals surface area (Å²) in [4.78, 5) is 26.8. The Hall–Kier alpha value is -2.48. The van der Waals surface area contributed by atoms with E-state index in [0.29, 0.717) is 44.6 Å². The van der Waals surface area contributed by atoms with Gasteiger partial charge in [0, 0.05) is 26.7 Å². The van der Waals surface area contributed by atoms with Gasteiger partial charge < -0.3 is 30.2 Å². The van der Waals surface area contributed by atoms with Gasteiger partial charge in [0.2, 0.25) is 0 Å². The number of piperidine rings is 1. The maximum absolute atomic E-state index is 12.6. The highest BCUT2D eigenvalue weighted by Gasteiger charge is 2.44. The van der Waals surface area contributed by atoms with Crippen molar-refractivity contribution >= 4 is 12.1 Å². The number of nitrogens with one attached hydrogen (secondary N) is 1. The van der Waals surface area contributed by atoms with Crippen molar-refractivity contribution in [2.45, 2.75) is 65.0 Å². The second kappa shape index (κ2) is 12.3. The lowest BCUT2D eigenvalue weighted by Gasteiger charge is -2.44. The van der Waals surface area contributed by atoms with Gasteiger partial charge in [0.15, 0.2) is 0 Å². The minimum Gasteiger partial charge on any atom is -0.493 e. The van der Waals surface area contributed by atoms with Crippen molar-refractivity contribution in [3.05, 3.63) is 29.3 Å². The molecule has 3 N–H and O–H groups in total. The van der Waals surface area contributed by atoms with Crippen LogP contribution in [0.5, 0.6) is 5.75 Å². The number of likely N-dealkylation sites (tertiary alicyclic amines) is 1. The lowest BCUT2D eigenvalue weighted by Crippen LogP contribution is -2.61. The number of nitrogens with two attached hydrogens (primary N) is 1. The molecule has 3 rings (SSSR count). The number of carbonyl (C=O) groups excluding carboxylic acids is 2. The number of ether oxygens (including phenoxy) is 3. The number of hydrogen-bond donors (Lipinski definition) is 2. The molecule has 2 aliphatic rings. The van der Waals surface area contributed by atoms with E-state index in [9.17, 15) is 9.59 Å². The third-order valence-corrected chi connectivity index (χ3v) is 6.72. The van der Waals surface area contributed by atoms with Crippen molar-refractivity contribution in [2.75, 3.05) is 33.5 Å². The minimum atomic E-state index is -0.444. The second-order valence-corrected chi connectivity index (χ2v) is 10.1. The fourth-order valence-corrected chi connectivity index (χ4v) is 4.72. The van der Waals surface area contributed by atoms with E-state index in [1.807, 2.05) is 32.9 Å². The first-order chi connectivity index (χ1) is 16.3. The number of primary amides is 1. The van der Waals surface area contributed by atoms with E-state index in [4.69, 9.17) is 19.9 Å². The van der Waals surface area contributed by atoms with Crippen LogP contribution in [0.4, 0.5) is 9.59 Å². The number of methoxy groups -OCH3 is 1. The number of rotatable bonds is 11. The quantitative estimate of drug-likeness (QED) is 0.473. The summed E-state index contributed by atoms with van der Waals surface area (Å²) in [5, 5.41) is 3.06. The van der Waals surface area contributed by atoms with Gasteiger partial charge in [-0.3, -0.25) is 0 Å².